The predicted molar refractivity (Wildman–Crippen MR) is 82.9 cm³/mol. The normalized spacial score (nSPS) is 10.4. The predicted octanol–water partition coefficient (Wildman–Crippen LogP) is 4.91. The second kappa shape index (κ2) is 6.37. The van der Waals surface area contributed by atoms with Crippen LogP contribution in [0.4, 0.5) is 10.1 Å². The van der Waals surface area contributed by atoms with Gasteiger partial charge in [-0.1, -0.05) is 17.7 Å². The van der Waals surface area contributed by atoms with Crippen molar-refractivity contribution in [3.05, 3.63) is 63.3 Å². The highest BCUT2D eigenvalue weighted by Crippen LogP contribution is 2.28. The minimum absolute atomic E-state index is 0.217. The topological polar surface area (TPSA) is 20.3 Å². The molecule has 0 atom stereocenters. The number of hydrogen-bond donors (Lipinski definition) is 0. The van der Waals surface area contributed by atoms with Gasteiger partial charge in [0.1, 0.15) is 5.82 Å². The third kappa shape index (κ3) is 3.02. The molecule has 5 heteroatoms. The van der Waals surface area contributed by atoms with Crippen LogP contribution in [0, 0.1) is 5.82 Å². The minimum atomic E-state index is -0.335. The zero-order chi connectivity index (χ0) is 14.7. The number of anilines is 1. The van der Waals surface area contributed by atoms with Gasteiger partial charge in [0.2, 0.25) is 0 Å². The van der Waals surface area contributed by atoms with Gasteiger partial charge in [-0.25, -0.2) is 4.39 Å². The highest BCUT2D eigenvalue weighted by molar-refractivity contribution is 9.10. The summed E-state index contributed by atoms with van der Waals surface area (Å²) in [5.74, 6) is -0.553. The Bertz CT molecular complexity index is 630. The highest BCUT2D eigenvalue weighted by Gasteiger charge is 2.19. The smallest absolute Gasteiger partial charge is 0.259 e. The third-order valence-electron chi connectivity index (χ3n) is 2.88. The summed E-state index contributed by atoms with van der Waals surface area (Å²) < 4.78 is 13.6. The summed E-state index contributed by atoms with van der Waals surface area (Å²) in [6.45, 7) is 2.32. The van der Waals surface area contributed by atoms with Crippen LogP contribution >= 0.6 is 27.5 Å². The number of rotatable bonds is 3. The molecule has 0 aliphatic rings. The van der Waals surface area contributed by atoms with Crippen molar-refractivity contribution in [2.24, 2.45) is 0 Å². The van der Waals surface area contributed by atoms with Crippen LogP contribution in [0.3, 0.4) is 0 Å². The van der Waals surface area contributed by atoms with E-state index in [1.807, 2.05) is 6.92 Å². The van der Waals surface area contributed by atoms with Gasteiger partial charge in [0.15, 0.2) is 0 Å². The van der Waals surface area contributed by atoms with Crippen LogP contribution in [-0.4, -0.2) is 12.5 Å². The van der Waals surface area contributed by atoms with Gasteiger partial charge in [-0.2, -0.15) is 0 Å². The number of amides is 1. The molecule has 0 bridgehead atoms. The lowest BCUT2D eigenvalue weighted by molar-refractivity contribution is 0.0988. The zero-order valence-corrected chi connectivity index (χ0v) is 13.1. The van der Waals surface area contributed by atoms with E-state index in [4.69, 9.17) is 11.6 Å². The molecule has 0 spiro atoms. The number of halogens is 3. The molecule has 2 aromatic carbocycles. The van der Waals surface area contributed by atoms with Crippen molar-refractivity contribution in [3.8, 4) is 0 Å². The molecule has 0 radical (unpaired) electrons. The van der Waals surface area contributed by atoms with E-state index in [2.05, 4.69) is 15.9 Å². The summed E-state index contributed by atoms with van der Waals surface area (Å²) in [5, 5.41) is 0.373. The summed E-state index contributed by atoms with van der Waals surface area (Å²) in [6, 6.07) is 11.0. The Morgan fingerprint density at radius 1 is 1.25 bits per heavy atom. The van der Waals surface area contributed by atoms with Crippen LogP contribution in [0.5, 0.6) is 0 Å². The highest BCUT2D eigenvalue weighted by atomic mass is 79.9. The molecule has 0 aliphatic heterocycles. The van der Waals surface area contributed by atoms with Crippen molar-refractivity contribution in [1.29, 1.82) is 0 Å². The molecule has 0 aromatic heterocycles. The quantitative estimate of drug-likeness (QED) is 0.765. The van der Waals surface area contributed by atoms with E-state index in [9.17, 15) is 9.18 Å². The molecule has 0 N–H and O–H groups in total. The summed E-state index contributed by atoms with van der Waals surface area (Å²) in [5.41, 5.74) is 1.04. The van der Waals surface area contributed by atoms with Crippen molar-refractivity contribution < 1.29 is 9.18 Å². The fraction of sp³-hybridized carbons (Fsp3) is 0.133. The Hall–Kier alpha value is -1.39. The van der Waals surface area contributed by atoms with Crippen LogP contribution in [0.25, 0.3) is 0 Å². The molecule has 0 heterocycles. The molecular weight excluding hydrogens is 345 g/mol. The van der Waals surface area contributed by atoms with Crippen LogP contribution in [-0.2, 0) is 0 Å². The molecule has 0 saturated carbocycles. The van der Waals surface area contributed by atoms with E-state index in [1.165, 1.54) is 12.1 Å². The van der Waals surface area contributed by atoms with Crippen LogP contribution < -0.4 is 4.90 Å². The molecule has 0 aliphatic carbocycles. The lowest BCUT2D eigenvalue weighted by Gasteiger charge is -2.21. The number of nitrogens with zero attached hydrogens (tertiary/aromatic N) is 1. The third-order valence-corrected chi connectivity index (χ3v) is 4.18. The van der Waals surface area contributed by atoms with Gasteiger partial charge in [-0.15, -0.1) is 0 Å². The first kappa shape index (κ1) is 15.0. The zero-order valence-electron chi connectivity index (χ0n) is 10.7. The van der Waals surface area contributed by atoms with Gasteiger partial charge >= 0.3 is 0 Å². The van der Waals surface area contributed by atoms with Crippen molar-refractivity contribution >= 4 is 39.1 Å². The molecule has 1 amide bonds. The molecule has 2 rings (SSSR count). The summed E-state index contributed by atoms with van der Waals surface area (Å²) in [6.07, 6.45) is 0. The average Bonchev–Trinajstić information content (AvgIpc) is 2.44. The van der Waals surface area contributed by atoms with E-state index in [-0.39, 0.29) is 11.7 Å². The van der Waals surface area contributed by atoms with Gasteiger partial charge < -0.3 is 4.90 Å². The number of hydrogen-bond acceptors (Lipinski definition) is 1. The van der Waals surface area contributed by atoms with Gasteiger partial charge in [0.25, 0.3) is 5.91 Å². The fourth-order valence-electron chi connectivity index (χ4n) is 1.88. The van der Waals surface area contributed by atoms with E-state index in [1.54, 1.807) is 35.2 Å². The van der Waals surface area contributed by atoms with Crippen LogP contribution in [0.1, 0.15) is 17.3 Å². The van der Waals surface area contributed by atoms with E-state index < -0.39 is 0 Å². The minimum Gasteiger partial charge on any atom is -0.309 e. The maximum absolute atomic E-state index is 13.0. The summed E-state index contributed by atoms with van der Waals surface area (Å²) in [4.78, 5) is 14.1. The van der Waals surface area contributed by atoms with E-state index >= 15 is 0 Å². The largest absolute Gasteiger partial charge is 0.309 e. The number of carbonyl (C=O) groups is 1. The Morgan fingerprint density at radius 3 is 2.50 bits per heavy atom. The molecule has 104 valence electrons. The second-order valence-corrected chi connectivity index (χ2v) is 5.36. The van der Waals surface area contributed by atoms with Gasteiger partial charge in [-0.05, 0) is 59.3 Å². The maximum Gasteiger partial charge on any atom is 0.259 e. The van der Waals surface area contributed by atoms with Crippen molar-refractivity contribution in [2.75, 3.05) is 11.4 Å². The first-order valence-corrected chi connectivity index (χ1v) is 7.23. The Morgan fingerprint density at radius 2 is 1.90 bits per heavy atom. The standard InChI is InChI=1S/C15H12BrClFNO/c1-2-19(11-8-6-10(18)7-9-11)15(20)12-4-3-5-13(16)14(12)17/h3-9H,2H2,1H3. The lowest BCUT2D eigenvalue weighted by Crippen LogP contribution is -2.30. The summed E-state index contributed by atoms with van der Waals surface area (Å²) in [7, 11) is 0. The van der Waals surface area contributed by atoms with Crippen LogP contribution in [0.15, 0.2) is 46.9 Å². The van der Waals surface area contributed by atoms with Crippen LogP contribution in [0.2, 0.25) is 5.02 Å². The van der Waals surface area contributed by atoms with Crippen molar-refractivity contribution in [2.45, 2.75) is 6.92 Å². The molecule has 20 heavy (non-hydrogen) atoms. The molecule has 0 fully saturated rings. The van der Waals surface area contributed by atoms with Crippen molar-refractivity contribution in [3.63, 3.8) is 0 Å². The lowest BCUT2D eigenvalue weighted by atomic mass is 10.1. The van der Waals surface area contributed by atoms with Gasteiger partial charge in [-0.3, -0.25) is 4.79 Å². The molecule has 2 nitrogen and oxygen atoms in total. The average molecular weight is 357 g/mol. The Labute approximate surface area is 130 Å². The second-order valence-electron chi connectivity index (χ2n) is 4.13. The van der Waals surface area contributed by atoms with Crippen molar-refractivity contribution in [1.82, 2.24) is 0 Å². The van der Waals surface area contributed by atoms with E-state index in [0.717, 1.165) is 0 Å². The number of benzene rings is 2. The Balaban J connectivity index is 2.39. The molecule has 0 unspecified atom stereocenters. The summed E-state index contributed by atoms with van der Waals surface area (Å²) >= 11 is 9.45. The Kier molecular flexibility index (Phi) is 4.78. The SMILES string of the molecule is CCN(C(=O)c1cccc(Br)c1Cl)c1ccc(F)cc1. The number of carbonyl (C=O) groups excluding carboxylic acids is 1. The first-order chi connectivity index (χ1) is 9.54. The molecular formula is C15H12BrClFNO. The first-order valence-electron chi connectivity index (χ1n) is 6.06. The molecule has 0 saturated heterocycles. The van der Waals surface area contributed by atoms with E-state index in [0.29, 0.717) is 27.3 Å². The monoisotopic (exact) mass is 355 g/mol. The van der Waals surface area contributed by atoms with Gasteiger partial charge in [0.05, 0.1) is 10.6 Å². The fourth-order valence-corrected chi connectivity index (χ4v) is 2.45. The molecule has 2 aromatic rings. The van der Waals surface area contributed by atoms with Gasteiger partial charge in [0, 0.05) is 16.7 Å². The maximum atomic E-state index is 13.0.